The van der Waals surface area contributed by atoms with Gasteiger partial charge in [-0.1, -0.05) is 29.8 Å². The number of hydrogen-bond acceptors (Lipinski definition) is 7. The van der Waals surface area contributed by atoms with Crippen LogP contribution in [0.1, 0.15) is 11.3 Å². The highest BCUT2D eigenvalue weighted by Crippen LogP contribution is 2.38. The van der Waals surface area contributed by atoms with Crippen LogP contribution in [0.2, 0.25) is 5.02 Å². The molecule has 3 aromatic rings. The van der Waals surface area contributed by atoms with E-state index in [1.807, 2.05) is 0 Å². The number of ether oxygens (including phenoxy) is 1. The van der Waals surface area contributed by atoms with Gasteiger partial charge in [-0.25, -0.2) is 4.39 Å². The van der Waals surface area contributed by atoms with Gasteiger partial charge in [-0.05, 0) is 23.9 Å². The lowest BCUT2D eigenvalue weighted by Gasteiger charge is -2.31. The molecule has 0 N–H and O–H groups in total. The summed E-state index contributed by atoms with van der Waals surface area (Å²) >= 11 is 6.20. The van der Waals surface area contributed by atoms with Crippen molar-refractivity contribution in [1.82, 2.24) is 9.97 Å². The molecule has 0 bridgehead atoms. The van der Waals surface area contributed by atoms with E-state index in [-0.39, 0.29) is 41.8 Å². The Balaban J connectivity index is 1.77. The normalized spacial score (nSPS) is 14.4. The number of alkyl halides is 3. The molecule has 2 heterocycles. The number of halogens is 5. The lowest BCUT2D eigenvalue weighted by Crippen LogP contribution is -2.33. The van der Waals surface area contributed by atoms with Crippen molar-refractivity contribution < 1.29 is 34.9 Å². The lowest BCUT2D eigenvalue weighted by molar-refractivity contribution is -0.0501. The molecule has 4 rings (SSSR count). The Morgan fingerprint density at radius 1 is 1.16 bits per heavy atom. The van der Waals surface area contributed by atoms with E-state index in [9.17, 15) is 26.0 Å². The molecule has 0 aliphatic carbocycles. The highest BCUT2D eigenvalue weighted by atomic mass is 35.5. The van der Waals surface area contributed by atoms with E-state index in [0.29, 0.717) is 16.5 Å². The molecule has 13 heteroatoms. The quantitative estimate of drug-likeness (QED) is 0.307. The van der Waals surface area contributed by atoms with Gasteiger partial charge in [0.15, 0.2) is 0 Å². The van der Waals surface area contributed by atoms with Crippen molar-refractivity contribution in [2.45, 2.75) is 18.5 Å². The Kier molecular flexibility index (Phi) is 5.53. The minimum absolute atomic E-state index is 0.0442. The van der Waals surface area contributed by atoms with E-state index < -0.39 is 27.3 Å². The molecule has 2 aromatic carbocycles. The Hall–Kier alpha value is -2.86. The highest BCUT2D eigenvalue weighted by molar-refractivity contribution is 7.87. The van der Waals surface area contributed by atoms with E-state index in [4.69, 9.17) is 16.3 Å². The first kappa shape index (κ1) is 22.3. The Morgan fingerprint density at radius 3 is 2.59 bits per heavy atom. The number of fused-ring (bicyclic) bond motifs is 2. The Labute approximate surface area is 184 Å². The van der Waals surface area contributed by atoms with E-state index in [1.165, 1.54) is 13.2 Å². The third-order valence-electron chi connectivity index (χ3n) is 4.92. The van der Waals surface area contributed by atoms with Gasteiger partial charge in [0.2, 0.25) is 5.88 Å². The predicted molar refractivity (Wildman–Crippen MR) is 108 cm³/mol. The van der Waals surface area contributed by atoms with Crippen LogP contribution in [0.25, 0.3) is 10.8 Å². The van der Waals surface area contributed by atoms with Gasteiger partial charge in [0.05, 0.1) is 24.4 Å². The fourth-order valence-electron chi connectivity index (χ4n) is 3.45. The second-order valence-electron chi connectivity index (χ2n) is 6.83. The average Bonchev–Trinajstić information content (AvgIpc) is 2.74. The van der Waals surface area contributed by atoms with E-state index >= 15 is 0 Å². The van der Waals surface area contributed by atoms with E-state index in [1.54, 1.807) is 29.2 Å². The zero-order chi connectivity index (χ0) is 23.3. The molecule has 0 radical (unpaired) electrons. The molecule has 32 heavy (non-hydrogen) atoms. The van der Waals surface area contributed by atoms with Gasteiger partial charge in [0.1, 0.15) is 5.82 Å². The van der Waals surface area contributed by atoms with Gasteiger partial charge in [0, 0.05) is 23.2 Å². The van der Waals surface area contributed by atoms with E-state index in [2.05, 4.69) is 14.2 Å². The summed E-state index contributed by atoms with van der Waals surface area (Å²) in [6, 6.07) is 7.72. The van der Waals surface area contributed by atoms with Crippen LogP contribution < -0.4 is 13.8 Å². The molecular formula is C19H14ClF4N3O4S. The first-order valence-corrected chi connectivity index (χ1v) is 10.9. The molecule has 0 atom stereocenters. The number of rotatable bonds is 4. The fourth-order valence-corrected chi connectivity index (χ4v) is 4.16. The molecule has 1 aliphatic heterocycles. The Morgan fingerprint density at radius 2 is 1.91 bits per heavy atom. The van der Waals surface area contributed by atoms with Crippen molar-refractivity contribution in [2.24, 2.45) is 0 Å². The molecule has 0 spiro atoms. The molecular weight excluding hydrogens is 478 g/mol. The van der Waals surface area contributed by atoms with Crippen molar-refractivity contribution in [1.29, 1.82) is 0 Å². The summed E-state index contributed by atoms with van der Waals surface area (Å²) in [7, 11) is -4.75. The minimum Gasteiger partial charge on any atom is -0.467 e. The van der Waals surface area contributed by atoms with Crippen molar-refractivity contribution in [3.05, 3.63) is 52.4 Å². The second kappa shape index (κ2) is 7.93. The molecule has 0 fully saturated rings. The maximum absolute atomic E-state index is 14.1. The van der Waals surface area contributed by atoms with Crippen LogP contribution in [0.4, 0.5) is 23.2 Å². The summed E-state index contributed by atoms with van der Waals surface area (Å²) < 4.78 is 84.7. The zero-order valence-corrected chi connectivity index (χ0v) is 17.9. The molecule has 1 aliphatic rings. The maximum atomic E-state index is 14.1. The smallest absolute Gasteiger partial charge is 0.467 e. The molecule has 1 aromatic heterocycles. The van der Waals surface area contributed by atoms with Crippen molar-refractivity contribution >= 4 is 38.2 Å². The molecule has 0 amide bonds. The van der Waals surface area contributed by atoms with Crippen LogP contribution in [-0.2, 0) is 23.1 Å². The number of methoxy groups -OCH3 is 1. The second-order valence-corrected chi connectivity index (χ2v) is 8.75. The van der Waals surface area contributed by atoms with Gasteiger partial charge in [-0.3, -0.25) is 0 Å². The SMILES string of the molecule is COc1nc2c(c(OS(=O)(=O)C(F)(F)F)n1)CCN(c1cccc3ccc(F)c(Cl)c13)C2. The third kappa shape index (κ3) is 3.88. The fraction of sp³-hybridized carbons (Fsp3) is 0.263. The zero-order valence-electron chi connectivity index (χ0n) is 16.3. The summed E-state index contributed by atoms with van der Waals surface area (Å²) in [4.78, 5) is 9.59. The molecule has 170 valence electrons. The number of nitrogens with zero attached hydrogens (tertiary/aromatic N) is 3. The first-order valence-electron chi connectivity index (χ1n) is 9.08. The summed E-state index contributed by atoms with van der Waals surface area (Å²) in [5, 5.41) is 1.10. The van der Waals surface area contributed by atoms with E-state index in [0.717, 1.165) is 0 Å². The number of anilines is 1. The predicted octanol–water partition coefficient (Wildman–Crippen LogP) is 4.22. The average molecular weight is 492 g/mol. The van der Waals surface area contributed by atoms with Gasteiger partial charge >= 0.3 is 21.6 Å². The van der Waals surface area contributed by atoms with Crippen molar-refractivity contribution in [2.75, 3.05) is 18.6 Å². The molecule has 7 nitrogen and oxygen atoms in total. The molecule has 0 saturated heterocycles. The van der Waals surface area contributed by atoms with Gasteiger partial charge in [0.25, 0.3) is 0 Å². The number of benzene rings is 2. The molecule has 0 unspecified atom stereocenters. The maximum Gasteiger partial charge on any atom is 0.534 e. The van der Waals surface area contributed by atoms with Gasteiger partial charge in [-0.2, -0.15) is 31.6 Å². The summed E-state index contributed by atoms with van der Waals surface area (Å²) in [6.07, 6.45) is 0.0609. The highest BCUT2D eigenvalue weighted by Gasteiger charge is 2.49. The first-order chi connectivity index (χ1) is 15.0. The number of aromatic nitrogens is 2. The standard InChI is InChI=1S/C19H14ClF4N3O4S/c1-30-18-25-13-9-27(14-4-2-3-10-5-6-12(21)16(20)15(10)14)8-7-11(13)17(26-18)31-32(28,29)19(22,23)24/h2-6H,7-9H2,1H3. The largest absolute Gasteiger partial charge is 0.534 e. The van der Waals surface area contributed by atoms with Crippen LogP contribution in [-0.4, -0.2) is 37.5 Å². The van der Waals surface area contributed by atoms with Crippen molar-refractivity contribution in [3.8, 4) is 11.9 Å². The van der Waals surface area contributed by atoms with Crippen LogP contribution >= 0.6 is 11.6 Å². The van der Waals surface area contributed by atoms with Crippen molar-refractivity contribution in [3.63, 3.8) is 0 Å². The summed E-state index contributed by atoms with van der Waals surface area (Å²) in [5.41, 5.74) is -4.73. The van der Waals surface area contributed by atoms with Gasteiger partial charge in [-0.15, -0.1) is 0 Å². The number of hydrogen-bond donors (Lipinski definition) is 0. The van der Waals surface area contributed by atoms with Gasteiger partial charge < -0.3 is 13.8 Å². The minimum atomic E-state index is -5.93. The van der Waals surface area contributed by atoms with Crippen LogP contribution in [0.5, 0.6) is 11.9 Å². The third-order valence-corrected chi connectivity index (χ3v) is 6.23. The van der Waals surface area contributed by atoms with Crippen LogP contribution in [0.3, 0.4) is 0 Å². The molecule has 0 saturated carbocycles. The monoisotopic (exact) mass is 491 g/mol. The topological polar surface area (TPSA) is 81.6 Å². The Bertz CT molecular complexity index is 1320. The summed E-state index contributed by atoms with van der Waals surface area (Å²) in [6.45, 7) is 0.277. The van der Waals surface area contributed by atoms with Crippen LogP contribution in [0, 0.1) is 5.82 Å². The summed E-state index contributed by atoms with van der Waals surface area (Å²) in [5.74, 6) is -1.34. The van der Waals surface area contributed by atoms with Crippen LogP contribution in [0.15, 0.2) is 30.3 Å². The lowest BCUT2D eigenvalue weighted by atomic mass is 10.0.